The van der Waals surface area contributed by atoms with Crippen LogP contribution in [0.15, 0.2) is 24.3 Å². The highest BCUT2D eigenvalue weighted by molar-refractivity contribution is 5.94. The Hall–Kier alpha value is -1.67. The van der Waals surface area contributed by atoms with Crippen molar-refractivity contribution in [2.75, 3.05) is 33.4 Å². The van der Waals surface area contributed by atoms with Crippen LogP contribution in [0.4, 0.5) is 0 Å². The van der Waals surface area contributed by atoms with E-state index in [1.165, 1.54) is 0 Å². The molecule has 0 saturated carbocycles. The van der Waals surface area contributed by atoms with Crippen molar-refractivity contribution in [2.45, 2.75) is 43.9 Å². The SMILES string of the molecule is COC1(C(=O)NCc2cccc(C(=O)NCC3CCCO3)c2)CCNCC1.Cl. The molecule has 3 rings (SSSR count). The van der Waals surface area contributed by atoms with Crippen LogP contribution in [-0.2, 0) is 20.8 Å². The highest BCUT2D eigenvalue weighted by Gasteiger charge is 2.39. The molecule has 0 radical (unpaired) electrons. The molecule has 0 spiro atoms. The van der Waals surface area contributed by atoms with E-state index in [9.17, 15) is 9.59 Å². The number of hydrogen-bond acceptors (Lipinski definition) is 5. The van der Waals surface area contributed by atoms with Crippen molar-refractivity contribution in [3.8, 4) is 0 Å². The number of hydrogen-bond donors (Lipinski definition) is 3. The van der Waals surface area contributed by atoms with Crippen molar-refractivity contribution >= 4 is 24.2 Å². The zero-order valence-corrected chi connectivity index (χ0v) is 17.1. The number of nitrogens with one attached hydrogen (secondary N) is 3. The first-order chi connectivity index (χ1) is 13.1. The molecule has 1 unspecified atom stereocenters. The highest BCUT2D eigenvalue weighted by Crippen LogP contribution is 2.22. The Labute approximate surface area is 172 Å². The summed E-state index contributed by atoms with van der Waals surface area (Å²) in [6.45, 7) is 3.20. The van der Waals surface area contributed by atoms with E-state index in [4.69, 9.17) is 9.47 Å². The summed E-state index contributed by atoms with van der Waals surface area (Å²) in [5.41, 5.74) is 0.706. The second-order valence-electron chi connectivity index (χ2n) is 7.18. The molecule has 7 nitrogen and oxygen atoms in total. The highest BCUT2D eigenvalue weighted by atomic mass is 35.5. The van der Waals surface area contributed by atoms with Gasteiger partial charge < -0.3 is 25.4 Å². The van der Waals surface area contributed by atoms with Gasteiger partial charge in [0.05, 0.1) is 6.10 Å². The van der Waals surface area contributed by atoms with Gasteiger partial charge in [0.15, 0.2) is 0 Å². The average molecular weight is 412 g/mol. The van der Waals surface area contributed by atoms with Crippen molar-refractivity contribution in [2.24, 2.45) is 0 Å². The standard InChI is InChI=1S/C20H29N3O4.ClH/c1-26-20(7-9-21-10-8-20)19(25)23-13-15-4-2-5-16(12-15)18(24)22-14-17-6-3-11-27-17;/h2,4-5,12,17,21H,3,6-11,13-14H2,1H3,(H,22,24)(H,23,25);1H. The van der Waals surface area contributed by atoms with Crippen LogP contribution in [0.5, 0.6) is 0 Å². The van der Waals surface area contributed by atoms with Crippen molar-refractivity contribution < 1.29 is 19.1 Å². The molecule has 1 aromatic rings. The first-order valence-corrected chi connectivity index (χ1v) is 9.66. The third-order valence-electron chi connectivity index (χ3n) is 5.37. The minimum absolute atomic E-state index is 0. The lowest BCUT2D eigenvalue weighted by Gasteiger charge is -2.34. The van der Waals surface area contributed by atoms with E-state index in [0.29, 0.717) is 31.5 Å². The third-order valence-corrected chi connectivity index (χ3v) is 5.37. The molecule has 1 atom stereocenters. The lowest BCUT2D eigenvalue weighted by atomic mass is 9.91. The molecule has 2 aliphatic heterocycles. The summed E-state index contributed by atoms with van der Waals surface area (Å²) < 4.78 is 11.1. The Bertz CT molecular complexity index is 659. The zero-order valence-electron chi connectivity index (χ0n) is 16.3. The van der Waals surface area contributed by atoms with Gasteiger partial charge in [0.1, 0.15) is 5.60 Å². The summed E-state index contributed by atoms with van der Waals surface area (Å²) >= 11 is 0. The maximum atomic E-state index is 12.6. The van der Waals surface area contributed by atoms with E-state index in [-0.39, 0.29) is 30.3 Å². The fraction of sp³-hybridized carbons (Fsp3) is 0.600. The Morgan fingerprint density at radius 2 is 2.07 bits per heavy atom. The van der Waals surface area contributed by atoms with Crippen molar-refractivity contribution in [3.63, 3.8) is 0 Å². The predicted molar refractivity (Wildman–Crippen MR) is 109 cm³/mol. The van der Waals surface area contributed by atoms with E-state index < -0.39 is 5.60 Å². The second kappa shape index (κ2) is 10.8. The fourth-order valence-electron chi connectivity index (χ4n) is 3.63. The van der Waals surface area contributed by atoms with Gasteiger partial charge in [-0.2, -0.15) is 0 Å². The van der Waals surface area contributed by atoms with Gasteiger partial charge in [0.2, 0.25) is 0 Å². The van der Waals surface area contributed by atoms with Crippen LogP contribution in [-0.4, -0.2) is 56.9 Å². The van der Waals surface area contributed by atoms with Crippen LogP contribution in [0.25, 0.3) is 0 Å². The summed E-state index contributed by atoms with van der Waals surface area (Å²) in [7, 11) is 1.59. The molecule has 8 heteroatoms. The molecular formula is C20H30ClN3O4. The molecule has 3 N–H and O–H groups in total. The van der Waals surface area contributed by atoms with Crippen molar-refractivity contribution in [1.82, 2.24) is 16.0 Å². The molecule has 2 heterocycles. The third kappa shape index (κ3) is 5.67. The van der Waals surface area contributed by atoms with E-state index >= 15 is 0 Å². The smallest absolute Gasteiger partial charge is 0.252 e. The number of amides is 2. The molecule has 0 aliphatic carbocycles. The second-order valence-corrected chi connectivity index (χ2v) is 7.18. The molecular weight excluding hydrogens is 382 g/mol. The largest absolute Gasteiger partial charge is 0.376 e. The van der Waals surface area contributed by atoms with Crippen LogP contribution < -0.4 is 16.0 Å². The molecule has 2 fully saturated rings. The summed E-state index contributed by atoms with van der Waals surface area (Å²) in [6.07, 6.45) is 3.46. The van der Waals surface area contributed by atoms with Gasteiger partial charge in [-0.15, -0.1) is 12.4 Å². The van der Waals surface area contributed by atoms with Gasteiger partial charge in [0.25, 0.3) is 11.8 Å². The molecule has 156 valence electrons. The van der Waals surface area contributed by atoms with Crippen LogP contribution >= 0.6 is 12.4 Å². The number of carbonyl (C=O) groups is 2. The number of methoxy groups -OCH3 is 1. The number of carbonyl (C=O) groups excluding carboxylic acids is 2. The van der Waals surface area contributed by atoms with Gasteiger partial charge in [-0.05, 0) is 56.5 Å². The van der Waals surface area contributed by atoms with E-state index in [2.05, 4.69) is 16.0 Å². The average Bonchev–Trinajstić information content (AvgIpc) is 3.24. The van der Waals surface area contributed by atoms with Gasteiger partial charge in [-0.3, -0.25) is 9.59 Å². The Morgan fingerprint density at radius 1 is 1.29 bits per heavy atom. The molecule has 28 heavy (non-hydrogen) atoms. The lowest BCUT2D eigenvalue weighted by molar-refractivity contribution is -0.146. The maximum Gasteiger partial charge on any atom is 0.252 e. The molecule has 1 aromatic carbocycles. The fourth-order valence-corrected chi connectivity index (χ4v) is 3.63. The van der Waals surface area contributed by atoms with Crippen LogP contribution in [0.3, 0.4) is 0 Å². The van der Waals surface area contributed by atoms with Gasteiger partial charge in [-0.1, -0.05) is 12.1 Å². The first kappa shape index (κ1) is 22.6. The van der Waals surface area contributed by atoms with Gasteiger partial charge >= 0.3 is 0 Å². The first-order valence-electron chi connectivity index (χ1n) is 9.66. The zero-order chi connectivity index (χ0) is 19.1. The van der Waals surface area contributed by atoms with E-state index in [1.807, 2.05) is 18.2 Å². The molecule has 2 amide bonds. The van der Waals surface area contributed by atoms with Crippen LogP contribution in [0.1, 0.15) is 41.6 Å². The molecule has 0 bridgehead atoms. The van der Waals surface area contributed by atoms with Crippen LogP contribution in [0, 0.1) is 0 Å². The topological polar surface area (TPSA) is 88.7 Å². The van der Waals surface area contributed by atoms with Crippen LogP contribution in [0.2, 0.25) is 0 Å². The van der Waals surface area contributed by atoms with E-state index in [0.717, 1.165) is 38.1 Å². The number of rotatable bonds is 7. The van der Waals surface area contributed by atoms with E-state index in [1.54, 1.807) is 13.2 Å². The minimum Gasteiger partial charge on any atom is -0.376 e. The maximum absolute atomic E-state index is 12.6. The lowest BCUT2D eigenvalue weighted by Crippen LogP contribution is -2.53. The molecule has 2 saturated heterocycles. The van der Waals surface area contributed by atoms with Gasteiger partial charge in [-0.25, -0.2) is 0 Å². The molecule has 0 aromatic heterocycles. The molecule has 2 aliphatic rings. The Morgan fingerprint density at radius 3 is 2.75 bits per heavy atom. The normalized spacial score (nSPS) is 20.8. The number of piperidine rings is 1. The predicted octanol–water partition coefficient (Wildman–Crippen LogP) is 1.40. The summed E-state index contributed by atoms with van der Waals surface area (Å²) in [5.74, 6) is -0.217. The van der Waals surface area contributed by atoms with Crippen molar-refractivity contribution in [1.29, 1.82) is 0 Å². The Kier molecular flexibility index (Phi) is 8.69. The summed E-state index contributed by atoms with van der Waals surface area (Å²) in [5, 5.41) is 9.12. The summed E-state index contributed by atoms with van der Waals surface area (Å²) in [6, 6.07) is 7.32. The summed E-state index contributed by atoms with van der Waals surface area (Å²) in [4.78, 5) is 25.0. The number of halogens is 1. The van der Waals surface area contributed by atoms with Gasteiger partial charge in [0, 0.05) is 32.4 Å². The number of benzene rings is 1. The van der Waals surface area contributed by atoms with Crippen molar-refractivity contribution in [3.05, 3.63) is 35.4 Å². The Balaban J connectivity index is 0.00000280. The monoisotopic (exact) mass is 411 g/mol. The number of ether oxygens (including phenoxy) is 2. The minimum atomic E-state index is -0.762. The quantitative estimate of drug-likeness (QED) is 0.631.